The van der Waals surface area contributed by atoms with Gasteiger partial charge < -0.3 is 5.73 Å². The number of hydrogen-bond acceptors (Lipinski definition) is 3. The van der Waals surface area contributed by atoms with Gasteiger partial charge in [-0.25, -0.2) is 5.06 Å². The molecule has 0 bridgehead atoms. The van der Waals surface area contributed by atoms with Gasteiger partial charge >= 0.3 is 0 Å². The van der Waals surface area contributed by atoms with Crippen LogP contribution in [0.5, 0.6) is 0 Å². The third kappa shape index (κ3) is 0.730. The monoisotopic (exact) mass is 100 g/mol. The largest absolute Gasteiger partial charge is 0.309 e. The molecule has 3 heteroatoms. The van der Waals surface area contributed by atoms with Crippen LogP contribution in [0.4, 0.5) is 0 Å². The number of nitrogens with two attached hydrogens (primary N) is 1. The highest BCUT2D eigenvalue weighted by Crippen LogP contribution is 2.03. The molecule has 0 amide bonds. The van der Waals surface area contributed by atoms with Crippen LogP contribution in [-0.2, 0) is 0 Å². The standard InChI is InChI=1S/C4H8N2O/c5-4-2-1-3-6(4)7/h1,3-4,7H,2,5H2. The van der Waals surface area contributed by atoms with Gasteiger partial charge in [-0.3, -0.25) is 5.21 Å². The van der Waals surface area contributed by atoms with Crippen LogP contribution < -0.4 is 5.73 Å². The van der Waals surface area contributed by atoms with Crippen LogP contribution >= 0.6 is 0 Å². The van der Waals surface area contributed by atoms with Gasteiger partial charge in [0.15, 0.2) is 0 Å². The molecule has 0 aromatic carbocycles. The molecule has 0 fully saturated rings. The maximum atomic E-state index is 8.62. The zero-order chi connectivity index (χ0) is 5.28. The summed E-state index contributed by atoms with van der Waals surface area (Å²) in [5.41, 5.74) is 5.29. The first-order chi connectivity index (χ1) is 3.30. The van der Waals surface area contributed by atoms with Crippen molar-refractivity contribution in [1.29, 1.82) is 0 Å². The fourth-order valence-electron chi connectivity index (χ4n) is 0.527. The lowest BCUT2D eigenvalue weighted by atomic mass is 10.4. The van der Waals surface area contributed by atoms with Gasteiger partial charge in [0.05, 0.1) is 0 Å². The minimum atomic E-state index is -0.208. The fraction of sp³-hybridized carbons (Fsp3) is 0.500. The molecule has 0 saturated heterocycles. The number of hydrogen-bond donors (Lipinski definition) is 2. The van der Waals surface area contributed by atoms with Gasteiger partial charge in [-0.1, -0.05) is 6.08 Å². The Bertz CT molecular complexity index is 91.7. The summed E-state index contributed by atoms with van der Waals surface area (Å²) in [6, 6.07) is 0. The molecule has 1 rings (SSSR count). The van der Waals surface area contributed by atoms with Gasteiger partial charge in [-0.15, -0.1) is 0 Å². The van der Waals surface area contributed by atoms with E-state index in [1.165, 1.54) is 0 Å². The van der Waals surface area contributed by atoms with Crippen molar-refractivity contribution in [1.82, 2.24) is 5.06 Å². The molecule has 0 aromatic rings. The first-order valence-electron chi connectivity index (χ1n) is 2.20. The molecule has 1 heterocycles. The summed E-state index contributed by atoms with van der Waals surface area (Å²) in [6.45, 7) is 0. The van der Waals surface area contributed by atoms with Crippen molar-refractivity contribution in [3.8, 4) is 0 Å². The Morgan fingerprint density at radius 1 is 1.86 bits per heavy atom. The van der Waals surface area contributed by atoms with Crippen molar-refractivity contribution < 1.29 is 5.21 Å². The van der Waals surface area contributed by atoms with Crippen molar-refractivity contribution in [3.05, 3.63) is 12.3 Å². The summed E-state index contributed by atoms with van der Waals surface area (Å²) in [5, 5.41) is 9.62. The Morgan fingerprint density at radius 2 is 2.57 bits per heavy atom. The highest BCUT2D eigenvalue weighted by atomic mass is 16.5. The molecule has 1 aliphatic rings. The molecule has 1 unspecified atom stereocenters. The molecule has 0 radical (unpaired) electrons. The summed E-state index contributed by atoms with van der Waals surface area (Å²) in [5.74, 6) is 0. The SMILES string of the molecule is NC1CC=CN1O. The zero-order valence-corrected chi connectivity index (χ0v) is 3.91. The minimum Gasteiger partial charge on any atom is -0.309 e. The molecule has 7 heavy (non-hydrogen) atoms. The molecule has 1 aliphatic heterocycles. The summed E-state index contributed by atoms with van der Waals surface area (Å²) >= 11 is 0. The smallest absolute Gasteiger partial charge is 0.106 e. The maximum absolute atomic E-state index is 8.62. The molecule has 40 valence electrons. The molecular weight excluding hydrogens is 92.1 g/mol. The normalized spacial score (nSPS) is 29.4. The average Bonchev–Trinajstić information content (AvgIpc) is 1.91. The first-order valence-corrected chi connectivity index (χ1v) is 2.20. The second kappa shape index (κ2) is 1.52. The second-order valence-corrected chi connectivity index (χ2v) is 1.57. The van der Waals surface area contributed by atoms with E-state index in [-0.39, 0.29) is 6.17 Å². The number of hydroxylamine groups is 2. The van der Waals surface area contributed by atoms with E-state index in [0.29, 0.717) is 0 Å². The second-order valence-electron chi connectivity index (χ2n) is 1.57. The minimum absolute atomic E-state index is 0.208. The van der Waals surface area contributed by atoms with Gasteiger partial charge in [0.2, 0.25) is 0 Å². The summed E-state index contributed by atoms with van der Waals surface area (Å²) in [4.78, 5) is 0. The van der Waals surface area contributed by atoms with Gasteiger partial charge in [-0.05, 0) is 0 Å². The van der Waals surface area contributed by atoms with E-state index >= 15 is 0 Å². The van der Waals surface area contributed by atoms with E-state index in [1.807, 2.05) is 6.08 Å². The molecule has 3 N–H and O–H groups in total. The lowest BCUT2D eigenvalue weighted by Gasteiger charge is -2.11. The number of nitrogens with zero attached hydrogens (tertiary/aromatic N) is 1. The van der Waals surface area contributed by atoms with Gasteiger partial charge in [-0.2, -0.15) is 0 Å². The Labute approximate surface area is 42.0 Å². The predicted molar refractivity (Wildman–Crippen MR) is 25.4 cm³/mol. The molecule has 3 nitrogen and oxygen atoms in total. The zero-order valence-electron chi connectivity index (χ0n) is 3.91. The average molecular weight is 100 g/mol. The van der Waals surface area contributed by atoms with E-state index in [0.717, 1.165) is 11.5 Å². The Morgan fingerprint density at radius 3 is 2.71 bits per heavy atom. The molecule has 0 aliphatic carbocycles. The third-order valence-corrected chi connectivity index (χ3v) is 0.976. The van der Waals surface area contributed by atoms with Crippen molar-refractivity contribution in [2.45, 2.75) is 12.6 Å². The third-order valence-electron chi connectivity index (χ3n) is 0.976. The van der Waals surface area contributed by atoms with Gasteiger partial charge in [0, 0.05) is 12.6 Å². The summed E-state index contributed by atoms with van der Waals surface area (Å²) in [7, 11) is 0. The van der Waals surface area contributed by atoms with Crippen molar-refractivity contribution >= 4 is 0 Å². The van der Waals surface area contributed by atoms with Crippen molar-refractivity contribution in [3.63, 3.8) is 0 Å². The lowest BCUT2D eigenvalue weighted by Crippen LogP contribution is -2.31. The molecule has 1 atom stereocenters. The topological polar surface area (TPSA) is 49.5 Å². The molecule has 0 spiro atoms. The highest BCUT2D eigenvalue weighted by molar-refractivity contribution is 4.90. The lowest BCUT2D eigenvalue weighted by molar-refractivity contribution is -0.0667. The molecule has 0 saturated carbocycles. The summed E-state index contributed by atoms with van der Waals surface area (Å²) in [6.07, 6.45) is 3.92. The maximum Gasteiger partial charge on any atom is 0.106 e. The Hall–Kier alpha value is -0.540. The Kier molecular flexibility index (Phi) is 1.00. The van der Waals surface area contributed by atoms with E-state index in [2.05, 4.69) is 0 Å². The van der Waals surface area contributed by atoms with Crippen LogP contribution in [0.1, 0.15) is 6.42 Å². The van der Waals surface area contributed by atoms with Gasteiger partial charge in [0.1, 0.15) is 6.17 Å². The number of rotatable bonds is 0. The van der Waals surface area contributed by atoms with Crippen LogP contribution in [0.2, 0.25) is 0 Å². The van der Waals surface area contributed by atoms with Crippen LogP contribution in [0.15, 0.2) is 12.3 Å². The van der Waals surface area contributed by atoms with E-state index in [4.69, 9.17) is 10.9 Å². The fourth-order valence-corrected chi connectivity index (χ4v) is 0.527. The van der Waals surface area contributed by atoms with Crippen LogP contribution in [0, 0.1) is 0 Å². The van der Waals surface area contributed by atoms with Crippen LogP contribution in [-0.4, -0.2) is 16.4 Å². The highest BCUT2D eigenvalue weighted by Gasteiger charge is 2.09. The molecule has 0 aromatic heterocycles. The summed E-state index contributed by atoms with van der Waals surface area (Å²) < 4.78 is 0. The van der Waals surface area contributed by atoms with Crippen molar-refractivity contribution in [2.75, 3.05) is 0 Å². The first kappa shape index (κ1) is 4.61. The predicted octanol–water partition coefficient (Wildman–Crippen LogP) is -0.120. The van der Waals surface area contributed by atoms with Crippen LogP contribution in [0.3, 0.4) is 0 Å². The van der Waals surface area contributed by atoms with E-state index in [1.54, 1.807) is 6.20 Å². The van der Waals surface area contributed by atoms with Crippen LogP contribution in [0.25, 0.3) is 0 Å². The van der Waals surface area contributed by atoms with Crippen molar-refractivity contribution in [2.24, 2.45) is 5.73 Å². The van der Waals surface area contributed by atoms with E-state index < -0.39 is 0 Å². The quantitative estimate of drug-likeness (QED) is 0.446. The van der Waals surface area contributed by atoms with E-state index in [9.17, 15) is 0 Å². The Balaban J connectivity index is 2.45. The van der Waals surface area contributed by atoms with Gasteiger partial charge in [0.25, 0.3) is 0 Å². The molecular formula is C4H8N2O.